The van der Waals surface area contributed by atoms with Gasteiger partial charge < -0.3 is 4.57 Å². The third-order valence-corrected chi connectivity index (χ3v) is 2.40. The third kappa shape index (κ3) is 1.37. The van der Waals surface area contributed by atoms with Gasteiger partial charge in [0.15, 0.2) is 0 Å². The van der Waals surface area contributed by atoms with Gasteiger partial charge in [-0.25, -0.2) is 0 Å². The molecule has 0 saturated carbocycles. The Bertz CT molecular complexity index is 452. The van der Waals surface area contributed by atoms with Crippen molar-refractivity contribution in [3.63, 3.8) is 0 Å². The second-order valence-electron chi connectivity index (χ2n) is 3.30. The smallest absolute Gasteiger partial charge is 0.0483 e. The number of rotatable bonds is 2. The molecule has 0 aliphatic carbocycles. The molecule has 1 aromatic heterocycles. The summed E-state index contributed by atoms with van der Waals surface area (Å²) in [5.74, 6) is 0. The molecule has 0 bridgehead atoms. The summed E-state index contributed by atoms with van der Waals surface area (Å²) in [4.78, 5) is 0. The highest BCUT2D eigenvalue weighted by Gasteiger charge is 2.03. The largest absolute Gasteiger partial charge is 0.351 e. The van der Waals surface area contributed by atoms with Gasteiger partial charge in [0.25, 0.3) is 0 Å². The van der Waals surface area contributed by atoms with Crippen LogP contribution < -0.4 is 0 Å². The van der Waals surface area contributed by atoms with E-state index in [1.807, 2.05) is 12.1 Å². The molecule has 0 aliphatic rings. The van der Waals surface area contributed by atoms with Crippen LogP contribution in [0.2, 0.25) is 0 Å². The topological polar surface area (TPSA) is 4.93 Å². The highest BCUT2D eigenvalue weighted by atomic mass is 14.9. The van der Waals surface area contributed by atoms with E-state index in [0.29, 0.717) is 0 Å². The van der Waals surface area contributed by atoms with Crippen molar-refractivity contribution in [3.8, 4) is 11.3 Å². The Hall–Kier alpha value is -1.76. The average molecular weight is 183 g/mol. The summed E-state index contributed by atoms with van der Waals surface area (Å²) >= 11 is 0. The molecule has 0 saturated heterocycles. The van der Waals surface area contributed by atoms with Crippen LogP contribution in [0.5, 0.6) is 0 Å². The SMILES string of the molecule is C=Cc1ccccc1-c1cccn1C. The van der Waals surface area contributed by atoms with Crippen LogP contribution in [0.15, 0.2) is 49.2 Å². The molecule has 1 heteroatoms. The van der Waals surface area contributed by atoms with Crippen LogP contribution in [0.1, 0.15) is 5.56 Å². The molecule has 0 N–H and O–H groups in total. The summed E-state index contributed by atoms with van der Waals surface area (Å²) < 4.78 is 2.11. The molecular weight excluding hydrogens is 170 g/mol. The fourth-order valence-corrected chi connectivity index (χ4v) is 1.65. The van der Waals surface area contributed by atoms with E-state index in [-0.39, 0.29) is 0 Å². The first-order valence-electron chi connectivity index (χ1n) is 4.66. The average Bonchev–Trinajstić information content (AvgIpc) is 2.64. The van der Waals surface area contributed by atoms with E-state index in [4.69, 9.17) is 0 Å². The Morgan fingerprint density at radius 2 is 1.93 bits per heavy atom. The highest BCUT2D eigenvalue weighted by Crippen LogP contribution is 2.23. The molecule has 70 valence electrons. The third-order valence-electron chi connectivity index (χ3n) is 2.40. The second kappa shape index (κ2) is 3.54. The standard InChI is InChI=1S/C13H13N/c1-3-11-7-4-5-8-12(11)13-9-6-10-14(13)2/h3-10H,1H2,2H3. The molecule has 1 heterocycles. The van der Waals surface area contributed by atoms with Gasteiger partial charge in [-0.3, -0.25) is 0 Å². The lowest BCUT2D eigenvalue weighted by Gasteiger charge is -2.06. The molecule has 14 heavy (non-hydrogen) atoms. The molecular formula is C13H13N. The number of nitrogens with zero attached hydrogens (tertiary/aromatic N) is 1. The zero-order chi connectivity index (χ0) is 9.97. The number of hydrogen-bond acceptors (Lipinski definition) is 0. The van der Waals surface area contributed by atoms with Crippen LogP contribution in [0, 0.1) is 0 Å². The van der Waals surface area contributed by atoms with Crippen molar-refractivity contribution in [1.82, 2.24) is 4.57 Å². The van der Waals surface area contributed by atoms with Crippen molar-refractivity contribution in [2.75, 3.05) is 0 Å². The minimum atomic E-state index is 1.18. The van der Waals surface area contributed by atoms with Gasteiger partial charge in [0.1, 0.15) is 0 Å². The maximum atomic E-state index is 3.82. The van der Waals surface area contributed by atoms with E-state index in [1.165, 1.54) is 16.8 Å². The monoisotopic (exact) mass is 183 g/mol. The van der Waals surface area contributed by atoms with Crippen molar-refractivity contribution in [2.24, 2.45) is 7.05 Å². The number of hydrogen-bond donors (Lipinski definition) is 0. The predicted octanol–water partition coefficient (Wildman–Crippen LogP) is 3.34. The van der Waals surface area contributed by atoms with Gasteiger partial charge in [-0.15, -0.1) is 0 Å². The summed E-state index contributed by atoms with van der Waals surface area (Å²) in [6.45, 7) is 3.82. The first kappa shape index (κ1) is 8.82. The van der Waals surface area contributed by atoms with Crippen molar-refractivity contribution in [3.05, 3.63) is 54.7 Å². The van der Waals surface area contributed by atoms with Crippen molar-refractivity contribution in [1.29, 1.82) is 0 Å². The van der Waals surface area contributed by atoms with Crippen LogP contribution in [-0.2, 0) is 7.05 Å². The van der Waals surface area contributed by atoms with Gasteiger partial charge in [-0.2, -0.15) is 0 Å². The Kier molecular flexibility index (Phi) is 2.23. The number of aromatic nitrogens is 1. The summed E-state index contributed by atoms with van der Waals surface area (Å²) in [5, 5.41) is 0. The van der Waals surface area contributed by atoms with Crippen molar-refractivity contribution >= 4 is 6.08 Å². The van der Waals surface area contributed by atoms with Crippen LogP contribution in [0.25, 0.3) is 17.3 Å². The van der Waals surface area contributed by atoms with Crippen LogP contribution in [0.3, 0.4) is 0 Å². The van der Waals surface area contributed by atoms with Crippen LogP contribution in [0.4, 0.5) is 0 Å². The molecule has 2 rings (SSSR count). The molecule has 1 nitrogen and oxygen atoms in total. The van der Waals surface area contributed by atoms with Gasteiger partial charge >= 0.3 is 0 Å². The van der Waals surface area contributed by atoms with E-state index in [2.05, 4.69) is 54.7 Å². The zero-order valence-corrected chi connectivity index (χ0v) is 8.27. The Labute approximate surface area is 84.3 Å². The maximum Gasteiger partial charge on any atom is 0.0483 e. The zero-order valence-electron chi connectivity index (χ0n) is 8.27. The predicted molar refractivity (Wildman–Crippen MR) is 60.9 cm³/mol. The summed E-state index contributed by atoms with van der Waals surface area (Å²) in [6.07, 6.45) is 3.94. The van der Waals surface area contributed by atoms with E-state index in [9.17, 15) is 0 Å². The lowest BCUT2D eigenvalue weighted by Crippen LogP contribution is -1.90. The minimum Gasteiger partial charge on any atom is -0.351 e. The van der Waals surface area contributed by atoms with Crippen LogP contribution in [-0.4, -0.2) is 4.57 Å². The number of aryl methyl sites for hydroxylation is 1. The fourth-order valence-electron chi connectivity index (χ4n) is 1.65. The fraction of sp³-hybridized carbons (Fsp3) is 0.0769. The lowest BCUT2D eigenvalue weighted by atomic mass is 10.0. The number of benzene rings is 1. The van der Waals surface area contributed by atoms with Gasteiger partial charge in [0.2, 0.25) is 0 Å². The maximum absolute atomic E-state index is 3.82. The summed E-state index contributed by atoms with van der Waals surface area (Å²) in [6, 6.07) is 12.4. The molecule has 2 aromatic rings. The lowest BCUT2D eigenvalue weighted by molar-refractivity contribution is 0.937. The van der Waals surface area contributed by atoms with Gasteiger partial charge in [-0.1, -0.05) is 36.9 Å². The Morgan fingerprint density at radius 1 is 1.14 bits per heavy atom. The molecule has 0 atom stereocenters. The van der Waals surface area contributed by atoms with E-state index in [0.717, 1.165) is 0 Å². The first-order valence-corrected chi connectivity index (χ1v) is 4.66. The van der Waals surface area contributed by atoms with Crippen LogP contribution >= 0.6 is 0 Å². The molecule has 1 aromatic carbocycles. The Morgan fingerprint density at radius 3 is 2.57 bits per heavy atom. The molecule has 0 aliphatic heterocycles. The van der Waals surface area contributed by atoms with E-state index >= 15 is 0 Å². The summed E-state index contributed by atoms with van der Waals surface area (Å²) in [7, 11) is 2.05. The summed E-state index contributed by atoms with van der Waals surface area (Å²) in [5.41, 5.74) is 3.63. The quantitative estimate of drug-likeness (QED) is 0.673. The molecule has 0 radical (unpaired) electrons. The molecule has 0 fully saturated rings. The van der Waals surface area contributed by atoms with Gasteiger partial charge in [0.05, 0.1) is 0 Å². The van der Waals surface area contributed by atoms with E-state index in [1.54, 1.807) is 0 Å². The van der Waals surface area contributed by atoms with Gasteiger partial charge in [-0.05, 0) is 17.7 Å². The minimum absolute atomic E-state index is 1.18. The highest BCUT2D eigenvalue weighted by molar-refractivity contribution is 5.72. The molecule has 0 spiro atoms. The Balaban J connectivity index is 2.62. The second-order valence-corrected chi connectivity index (χ2v) is 3.30. The van der Waals surface area contributed by atoms with E-state index < -0.39 is 0 Å². The van der Waals surface area contributed by atoms with Crippen molar-refractivity contribution in [2.45, 2.75) is 0 Å². The van der Waals surface area contributed by atoms with Gasteiger partial charge in [0, 0.05) is 24.5 Å². The van der Waals surface area contributed by atoms with Crippen molar-refractivity contribution < 1.29 is 0 Å². The molecule has 0 amide bonds. The molecule has 0 unspecified atom stereocenters. The normalized spacial score (nSPS) is 10.1. The first-order chi connectivity index (χ1) is 6.83.